The average molecular weight is 252 g/mol. The van der Waals surface area contributed by atoms with Gasteiger partial charge in [0.25, 0.3) is 5.91 Å². The third-order valence-electron chi connectivity index (χ3n) is 3.29. The molecule has 0 bridgehead atoms. The lowest BCUT2D eigenvalue weighted by molar-refractivity contribution is 0.0672. The van der Waals surface area contributed by atoms with Gasteiger partial charge in [-0.1, -0.05) is 6.92 Å². The number of aromatic nitrogens is 1. The maximum absolute atomic E-state index is 13.3. The fraction of sp³-hybridized carbons (Fsp3) is 0.538. The van der Waals surface area contributed by atoms with Gasteiger partial charge in [-0.25, -0.2) is 4.39 Å². The first-order valence-corrected chi connectivity index (χ1v) is 6.15. The van der Waals surface area contributed by atoms with Crippen LogP contribution in [0.5, 0.6) is 0 Å². The van der Waals surface area contributed by atoms with E-state index in [2.05, 4.69) is 4.98 Å². The minimum Gasteiger partial charge on any atom is -0.394 e. The fourth-order valence-corrected chi connectivity index (χ4v) is 2.25. The van der Waals surface area contributed by atoms with Gasteiger partial charge in [0.2, 0.25) is 0 Å². The van der Waals surface area contributed by atoms with Crippen molar-refractivity contribution in [2.75, 3.05) is 13.2 Å². The first-order valence-electron chi connectivity index (χ1n) is 6.15. The van der Waals surface area contributed by atoms with Crippen molar-refractivity contribution in [3.8, 4) is 0 Å². The Bertz CT molecular complexity index is 439. The molecular weight excluding hydrogens is 235 g/mol. The van der Waals surface area contributed by atoms with Crippen molar-refractivity contribution in [2.45, 2.75) is 32.0 Å². The molecule has 0 spiro atoms. The molecule has 2 heterocycles. The van der Waals surface area contributed by atoms with Crippen LogP contribution in [0.25, 0.3) is 0 Å². The summed E-state index contributed by atoms with van der Waals surface area (Å²) >= 11 is 0. The minimum absolute atomic E-state index is 0.0560. The van der Waals surface area contributed by atoms with Gasteiger partial charge < -0.3 is 10.0 Å². The van der Waals surface area contributed by atoms with E-state index < -0.39 is 12.2 Å². The zero-order chi connectivity index (χ0) is 13.1. The number of nitrogens with zero attached hydrogens (tertiary/aromatic N) is 2. The van der Waals surface area contributed by atoms with Crippen molar-refractivity contribution in [1.29, 1.82) is 0 Å². The lowest BCUT2D eigenvalue weighted by atomic mass is 10.1. The second kappa shape index (κ2) is 5.44. The molecule has 0 unspecified atom stereocenters. The summed E-state index contributed by atoms with van der Waals surface area (Å²) in [6, 6.07) is 1.35. The highest BCUT2D eigenvalue weighted by atomic mass is 19.1. The van der Waals surface area contributed by atoms with E-state index in [0.29, 0.717) is 5.56 Å². The normalized spacial score (nSPS) is 23.4. The number of halogens is 1. The summed E-state index contributed by atoms with van der Waals surface area (Å²) in [5, 5.41) is 9.17. The Kier molecular flexibility index (Phi) is 3.91. The molecule has 2 rings (SSSR count). The number of alkyl halides is 1. The number of hydrogen-bond acceptors (Lipinski definition) is 3. The summed E-state index contributed by atoms with van der Waals surface area (Å²) in [5.41, 5.74) is 1.43. The molecular formula is C13H17FN2O2. The van der Waals surface area contributed by atoms with Crippen molar-refractivity contribution in [2.24, 2.45) is 0 Å². The maximum Gasteiger partial charge on any atom is 0.255 e. The number of carbonyl (C=O) groups excluding carboxylic acids is 1. The molecule has 0 radical (unpaired) electrons. The van der Waals surface area contributed by atoms with Crippen LogP contribution in [0.3, 0.4) is 0 Å². The molecule has 4 nitrogen and oxygen atoms in total. The van der Waals surface area contributed by atoms with Crippen LogP contribution < -0.4 is 0 Å². The largest absolute Gasteiger partial charge is 0.394 e. The molecule has 1 aromatic heterocycles. The van der Waals surface area contributed by atoms with Crippen molar-refractivity contribution in [3.05, 3.63) is 29.6 Å². The van der Waals surface area contributed by atoms with E-state index in [1.54, 1.807) is 12.3 Å². The Morgan fingerprint density at radius 3 is 3.06 bits per heavy atom. The molecule has 1 fully saturated rings. The van der Waals surface area contributed by atoms with Crippen LogP contribution in [0.2, 0.25) is 0 Å². The molecule has 0 aliphatic carbocycles. The zero-order valence-corrected chi connectivity index (χ0v) is 10.3. The first kappa shape index (κ1) is 13.0. The minimum atomic E-state index is -1.05. The average Bonchev–Trinajstić information content (AvgIpc) is 2.79. The van der Waals surface area contributed by atoms with Crippen molar-refractivity contribution < 1.29 is 14.3 Å². The predicted molar refractivity (Wildman–Crippen MR) is 65.0 cm³/mol. The maximum atomic E-state index is 13.3. The van der Waals surface area contributed by atoms with Crippen LogP contribution in [0.15, 0.2) is 18.5 Å². The third kappa shape index (κ3) is 2.51. The van der Waals surface area contributed by atoms with E-state index >= 15 is 0 Å². The van der Waals surface area contributed by atoms with Gasteiger partial charge in [0, 0.05) is 18.8 Å². The van der Waals surface area contributed by atoms with Crippen LogP contribution >= 0.6 is 0 Å². The van der Waals surface area contributed by atoms with Gasteiger partial charge >= 0.3 is 0 Å². The van der Waals surface area contributed by atoms with Crippen molar-refractivity contribution >= 4 is 5.91 Å². The lowest BCUT2D eigenvalue weighted by Crippen LogP contribution is -2.37. The molecule has 1 amide bonds. The van der Waals surface area contributed by atoms with Crippen LogP contribution in [-0.4, -0.2) is 46.3 Å². The Balaban J connectivity index is 2.19. The molecule has 2 atom stereocenters. The van der Waals surface area contributed by atoms with E-state index in [4.69, 9.17) is 0 Å². The highest BCUT2D eigenvalue weighted by Gasteiger charge is 2.35. The molecule has 1 saturated heterocycles. The van der Waals surface area contributed by atoms with Gasteiger partial charge in [0.1, 0.15) is 6.17 Å². The molecule has 0 aromatic carbocycles. The van der Waals surface area contributed by atoms with Gasteiger partial charge in [0.15, 0.2) is 0 Å². The van der Waals surface area contributed by atoms with Crippen LogP contribution in [0.4, 0.5) is 4.39 Å². The Hall–Kier alpha value is -1.49. The SMILES string of the molecule is CCc1cncc(C(=O)N2C[C@@H](F)C[C@H]2CO)c1. The van der Waals surface area contributed by atoms with E-state index in [1.807, 2.05) is 6.92 Å². The number of carbonyl (C=O) groups is 1. The quantitative estimate of drug-likeness (QED) is 0.879. The second-order valence-corrected chi connectivity index (χ2v) is 4.56. The topological polar surface area (TPSA) is 53.4 Å². The Morgan fingerprint density at radius 2 is 2.39 bits per heavy atom. The summed E-state index contributed by atoms with van der Waals surface area (Å²) in [7, 11) is 0. The molecule has 98 valence electrons. The third-order valence-corrected chi connectivity index (χ3v) is 3.29. The van der Waals surface area contributed by atoms with E-state index in [9.17, 15) is 14.3 Å². The molecule has 0 saturated carbocycles. The highest BCUT2D eigenvalue weighted by Crippen LogP contribution is 2.22. The second-order valence-electron chi connectivity index (χ2n) is 4.56. The van der Waals surface area contributed by atoms with Gasteiger partial charge in [-0.3, -0.25) is 9.78 Å². The number of amides is 1. The predicted octanol–water partition coefficient (Wildman–Crippen LogP) is 1.19. The Labute approximate surface area is 105 Å². The van der Waals surface area contributed by atoms with Crippen molar-refractivity contribution in [1.82, 2.24) is 9.88 Å². The van der Waals surface area contributed by atoms with Gasteiger partial charge in [0.05, 0.1) is 24.8 Å². The summed E-state index contributed by atoms with van der Waals surface area (Å²) in [4.78, 5) is 17.7. The summed E-state index contributed by atoms with van der Waals surface area (Å²) < 4.78 is 13.3. The van der Waals surface area contributed by atoms with Gasteiger partial charge in [-0.05, 0) is 18.1 Å². The summed E-state index contributed by atoms with van der Waals surface area (Å²) in [5.74, 6) is -0.253. The molecule has 1 aliphatic heterocycles. The van der Waals surface area contributed by atoms with Gasteiger partial charge in [-0.15, -0.1) is 0 Å². The number of rotatable bonds is 3. The lowest BCUT2D eigenvalue weighted by Gasteiger charge is -2.22. The zero-order valence-electron chi connectivity index (χ0n) is 10.3. The Morgan fingerprint density at radius 1 is 1.61 bits per heavy atom. The first-order chi connectivity index (χ1) is 8.65. The summed E-state index contributed by atoms with van der Waals surface area (Å²) in [6.45, 7) is 1.84. The monoisotopic (exact) mass is 252 g/mol. The standard InChI is InChI=1S/C13H17FN2O2/c1-2-9-3-10(6-15-5-9)13(18)16-7-11(14)4-12(16)8-17/h3,5-6,11-12,17H,2,4,7-8H2,1H3/t11-,12-/m0/s1. The number of aryl methyl sites for hydroxylation is 1. The molecule has 18 heavy (non-hydrogen) atoms. The molecule has 5 heteroatoms. The number of aliphatic hydroxyl groups is 1. The number of hydrogen-bond donors (Lipinski definition) is 1. The van der Waals surface area contributed by atoms with Crippen molar-refractivity contribution in [3.63, 3.8) is 0 Å². The number of aliphatic hydroxyl groups excluding tert-OH is 1. The molecule has 1 aliphatic rings. The van der Waals surface area contributed by atoms with E-state index in [-0.39, 0.29) is 25.5 Å². The highest BCUT2D eigenvalue weighted by molar-refractivity contribution is 5.94. The van der Waals surface area contributed by atoms with E-state index in [1.165, 1.54) is 11.1 Å². The smallest absolute Gasteiger partial charge is 0.255 e. The molecule has 1 N–H and O–H groups in total. The van der Waals surface area contributed by atoms with Gasteiger partial charge in [-0.2, -0.15) is 0 Å². The fourth-order valence-electron chi connectivity index (χ4n) is 2.25. The number of likely N-dealkylation sites (tertiary alicyclic amines) is 1. The van der Waals surface area contributed by atoms with Crippen LogP contribution in [0, 0.1) is 0 Å². The number of pyridine rings is 1. The molecule has 1 aromatic rings. The van der Waals surface area contributed by atoms with Crippen LogP contribution in [0.1, 0.15) is 29.3 Å². The van der Waals surface area contributed by atoms with Crippen LogP contribution in [-0.2, 0) is 6.42 Å². The summed E-state index contributed by atoms with van der Waals surface area (Å²) in [6.07, 6.45) is 3.16. The van der Waals surface area contributed by atoms with E-state index in [0.717, 1.165) is 12.0 Å².